The van der Waals surface area contributed by atoms with Gasteiger partial charge in [0.15, 0.2) is 23.1 Å². The molecule has 36 heteroatoms. The fourth-order valence-corrected chi connectivity index (χ4v) is 12.0. The second-order valence-electron chi connectivity index (χ2n) is 27.3. The molecule has 1 aliphatic heterocycles. The number of nitrogens with one attached hydrogen (secondary N) is 11. The van der Waals surface area contributed by atoms with Gasteiger partial charge >= 0.3 is 17.9 Å². The number of ketones is 4. The van der Waals surface area contributed by atoms with E-state index in [0.29, 0.717) is 22.9 Å². The minimum Gasteiger partial charge on any atom is -0.481 e. The van der Waals surface area contributed by atoms with Crippen molar-refractivity contribution in [3.8, 4) is 0 Å². The van der Waals surface area contributed by atoms with Gasteiger partial charge in [-0.05, 0) is 76.3 Å². The van der Waals surface area contributed by atoms with E-state index in [-0.39, 0.29) is 43.5 Å². The Labute approximate surface area is 629 Å². The van der Waals surface area contributed by atoms with Gasteiger partial charge in [0, 0.05) is 85.1 Å². The van der Waals surface area contributed by atoms with E-state index in [1.165, 1.54) is 52.0 Å². The first-order chi connectivity index (χ1) is 51.6. The number of carboxylic acids is 2. The highest BCUT2D eigenvalue weighted by atomic mass is 16.5. The predicted molar refractivity (Wildman–Crippen MR) is 391 cm³/mol. The molecule has 598 valence electrons. The van der Waals surface area contributed by atoms with Gasteiger partial charge in [-0.1, -0.05) is 89.6 Å². The standard InChI is InChI=1S/C73H104N14O22/c1-7-8-9-10-11-12-13-24-60(94)83-52(28-44-34-77-49-22-17-15-19-45(44)49)71(106)85-51(33-59(76)93)57(91)29-43(30-64(99)100)69(104)87-65-42(6)109-73(108)53(32-55(89)46-20-14-16-21-48(46)75)86-70(105)47(38(2)27-63(97)98)31-58(92)54(37-88)84-62(96)35-78-67(102)40(4)81-68(103)41(5)80-66(101)39(3)26-56(90)50(23-18-25-74)82-61(95)36-79-72(65)107/h14-17,19-22,34,38-43,47,50-54,65,77,88H,7-13,18,23-33,35-37,74-75H2,1-6H3,(H2,76,93)(H,78,102)(H,79,107)(H,80,101)(H,81,103)(H,82,95)(H,83,94)(H,84,96)(H,85,106)(H,86,105)(H,87,104)(H,97,98)(H,99,100)/t38-,39-,40+,41-,42-,43+,47+,50+,51-,52+,53+,54-,65+/m1/s1. The molecule has 1 fully saturated rings. The van der Waals surface area contributed by atoms with Crippen LogP contribution in [0.25, 0.3) is 10.9 Å². The lowest BCUT2D eigenvalue weighted by Gasteiger charge is -2.29. The molecule has 13 atom stereocenters. The maximum Gasteiger partial charge on any atom is 0.329 e. The van der Waals surface area contributed by atoms with E-state index >= 15 is 0 Å². The summed E-state index contributed by atoms with van der Waals surface area (Å²) in [5.41, 5.74) is 18.4. The normalized spacial score (nSPS) is 22.0. The molecular weight excluding hydrogens is 1420 g/mol. The molecule has 0 spiro atoms. The molecular formula is C73H104N14O22. The van der Waals surface area contributed by atoms with Crippen LogP contribution >= 0.6 is 0 Å². The summed E-state index contributed by atoms with van der Waals surface area (Å²) in [6.07, 6.45) is -1.14. The van der Waals surface area contributed by atoms with Gasteiger partial charge < -0.3 is 95.4 Å². The number of ether oxygens (including phenoxy) is 1. The van der Waals surface area contributed by atoms with E-state index in [9.17, 15) is 102 Å². The predicted octanol–water partition coefficient (Wildman–Crippen LogP) is -1.26. The van der Waals surface area contributed by atoms with Crippen molar-refractivity contribution >= 4 is 123 Å². The van der Waals surface area contributed by atoms with E-state index < -0.39 is 249 Å². The Hall–Kier alpha value is -11.0. The summed E-state index contributed by atoms with van der Waals surface area (Å²) in [5, 5.41) is 54.7. The van der Waals surface area contributed by atoms with Crippen molar-refractivity contribution in [3.63, 3.8) is 0 Å². The number of aromatic nitrogens is 1. The monoisotopic (exact) mass is 1530 g/mol. The number of H-pyrrole nitrogens is 1. The van der Waals surface area contributed by atoms with Gasteiger partial charge in [0.05, 0.1) is 50.5 Å². The third kappa shape index (κ3) is 30.6. The van der Waals surface area contributed by atoms with Crippen LogP contribution in [-0.4, -0.2) is 207 Å². The molecule has 0 radical (unpaired) electrons. The zero-order chi connectivity index (χ0) is 81.2. The molecule has 109 heavy (non-hydrogen) atoms. The van der Waals surface area contributed by atoms with Gasteiger partial charge in [-0.25, -0.2) is 4.79 Å². The number of hydrogen-bond acceptors (Lipinski definition) is 22. The molecule has 11 amide bonds. The first-order valence-electron chi connectivity index (χ1n) is 36.3. The van der Waals surface area contributed by atoms with Crippen molar-refractivity contribution < 1.29 is 106 Å². The molecule has 2 aromatic carbocycles. The second kappa shape index (κ2) is 45.6. The molecule has 36 nitrogen and oxygen atoms in total. The number of carbonyl (C=O) groups excluding carboxylic acids is 16. The first kappa shape index (κ1) is 90.4. The fraction of sp³-hybridized carbons (Fsp3) is 0.562. The number of aliphatic carboxylic acids is 2. The number of benzene rings is 2. The maximum absolute atomic E-state index is 14.8. The van der Waals surface area contributed by atoms with Crippen molar-refractivity contribution in [3.05, 3.63) is 65.9 Å². The van der Waals surface area contributed by atoms with Gasteiger partial charge in [-0.2, -0.15) is 0 Å². The molecule has 1 aliphatic rings. The van der Waals surface area contributed by atoms with Gasteiger partial charge in [-0.15, -0.1) is 0 Å². The van der Waals surface area contributed by atoms with Crippen LogP contribution in [0.3, 0.4) is 0 Å². The summed E-state index contributed by atoms with van der Waals surface area (Å²) in [7, 11) is 0. The van der Waals surface area contributed by atoms with Crippen molar-refractivity contribution in [2.24, 2.45) is 35.1 Å². The number of unbranched alkanes of at least 4 members (excludes halogenated alkanes) is 6. The SMILES string of the molecule is CCCCCCCCCC(=O)N[C@@H](Cc1c[nH]c2ccccc12)C(=O)N[C@H](CC(N)=O)C(=O)C[C@@H](CC(=O)O)C(=O)N[C@@H]1C(=O)NCC(=O)N[C@@H](CCCN)C(=O)C[C@@H](C)C(=O)N[C@H](C)C(=O)N[C@@H](C)C(=O)NCC(=O)N[C@H](CO)C(=O)C[C@@H]([C@H](C)CC(=O)O)C(=O)N[C@@H](CC(=O)c2ccccc2N)C(=O)O[C@@H]1C. The number of anilines is 1. The van der Waals surface area contributed by atoms with Crippen LogP contribution in [0.15, 0.2) is 54.7 Å². The van der Waals surface area contributed by atoms with Crippen molar-refractivity contribution in [1.82, 2.24) is 58.2 Å². The number of Topliss-reactive ketones (excluding diaryl/α,β-unsaturated/α-hetero) is 4. The minimum atomic E-state index is -2.30. The van der Waals surface area contributed by atoms with Gasteiger partial charge in [0.2, 0.25) is 65.0 Å². The third-order valence-electron chi connectivity index (χ3n) is 18.3. The van der Waals surface area contributed by atoms with Crippen LogP contribution in [0, 0.1) is 23.7 Å². The summed E-state index contributed by atoms with van der Waals surface area (Å²) < 4.78 is 5.75. The number of para-hydroxylation sites is 2. The molecule has 4 rings (SSSR count). The van der Waals surface area contributed by atoms with E-state index in [0.717, 1.165) is 45.4 Å². The van der Waals surface area contributed by atoms with Gasteiger partial charge in [0.25, 0.3) is 0 Å². The molecule has 20 N–H and O–H groups in total. The summed E-state index contributed by atoms with van der Waals surface area (Å²) in [5.74, 6) is -26.9. The van der Waals surface area contributed by atoms with Crippen LogP contribution in [0.2, 0.25) is 0 Å². The first-order valence-corrected chi connectivity index (χ1v) is 36.3. The number of nitrogen functional groups attached to an aromatic ring is 1. The number of amides is 11. The highest BCUT2D eigenvalue weighted by molar-refractivity contribution is 6.05. The Morgan fingerprint density at radius 1 is 0.624 bits per heavy atom. The molecule has 0 aliphatic carbocycles. The Bertz CT molecular complexity index is 3770. The summed E-state index contributed by atoms with van der Waals surface area (Å²) in [4.78, 5) is 251. The number of carbonyl (C=O) groups is 18. The number of aromatic amines is 1. The maximum atomic E-state index is 14.8. The number of primary amides is 1. The Morgan fingerprint density at radius 3 is 1.85 bits per heavy atom. The number of nitrogens with two attached hydrogens (primary N) is 3. The van der Waals surface area contributed by atoms with E-state index in [4.69, 9.17) is 21.9 Å². The highest BCUT2D eigenvalue weighted by Gasteiger charge is 2.41. The lowest BCUT2D eigenvalue weighted by molar-refractivity contribution is -0.156. The van der Waals surface area contributed by atoms with Gasteiger partial charge in [-0.3, -0.25) is 81.5 Å². The van der Waals surface area contributed by atoms with Crippen molar-refractivity contribution in [1.29, 1.82) is 0 Å². The number of cyclic esters (lactones) is 1. The van der Waals surface area contributed by atoms with Crippen LogP contribution in [0.1, 0.15) is 167 Å². The van der Waals surface area contributed by atoms with Crippen molar-refractivity contribution in [2.45, 2.75) is 212 Å². The van der Waals surface area contributed by atoms with Crippen LogP contribution < -0.4 is 70.4 Å². The molecule has 2 heterocycles. The van der Waals surface area contributed by atoms with Crippen LogP contribution in [0.4, 0.5) is 5.69 Å². The molecule has 0 unspecified atom stereocenters. The zero-order valence-corrected chi connectivity index (χ0v) is 62.1. The van der Waals surface area contributed by atoms with Crippen LogP contribution in [0.5, 0.6) is 0 Å². The number of rotatable bonds is 32. The van der Waals surface area contributed by atoms with Crippen LogP contribution in [-0.2, 0) is 92.7 Å². The second-order valence-corrected chi connectivity index (χ2v) is 27.3. The smallest absolute Gasteiger partial charge is 0.329 e. The fourth-order valence-electron chi connectivity index (χ4n) is 12.0. The van der Waals surface area contributed by atoms with Gasteiger partial charge in [0.1, 0.15) is 42.4 Å². The summed E-state index contributed by atoms with van der Waals surface area (Å²) in [6.45, 7) is 5.00. The number of esters is 1. The lowest BCUT2D eigenvalue weighted by atomic mass is 9.84. The largest absolute Gasteiger partial charge is 0.481 e. The molecule has 3 aromatic rings. The minimum absolute atomic E-state index is 0.00503. The number of aliphatic hydroxyl groups is 1. The number of hydrogen-bond donors (Lipinski definition) is 17. The number of carboxylic acid groups (broad SMARTS) is 2. The number of aliphatic hydroxyl groups excluding tert-OH is 1. The Morgan fingerprint density at radius 2 is 1.22 bits per heavy atom. The molecule has 1 aromatic heterocycles. The Balaban J connectivity index is 1.83. The average Bonchev–Trinajstić information content (AvgIpc) is 1.72. The van der Waals surface area contributed by atoms with E-state index in [1.807, 2.05) is 0 Å². The molecule has 1 saturated heterocycles. The zero-order valence-electron chi connectivity index (χ0n) is 62.1. The summed E-state index contributed by atoms with van der Waals surface area (Å²) >= 11 is 0. The molecule has 0 bridgehead atoms. The van der Waals surface area contributed by atoms with E-state index in [1.54, 1.807) is 30.5 Å². The van der Waals surface area contributed by atoms with E-state index in [2.05, 4.69) is 65.1 Å². The average molecular weight is 1530 g/mol. The third-order valence-corrected chi connectivity index (χ3v) is 18.3. The Kier molecular flexibility index (Phi) is 37.8. The van der Waals surface area contributed by atoms with Crippen molar-refractivity contribution in [2.75, 3.05) is 32.0 Å². The highest BCUT2D eigenvalue weighted by Crippen LogP contribution is 2.25. The topological polar surface area (TPSA) is 591 Å². The quantitative estimate of drug-likeness (QED) is 0.0150. The lowest BCUT2D eigenvalue weighted by Crippen LogP contribution is -2.57. The summed E-state index contributed by atoms with van der Waals surface area (Å²) in [6, 6.07) is -1.29. The molecule has 0 saturated carbocycles. The number of fused-ring (bicyclic) bond motifs is 1.